The smallest absolute Gasteiger partial charge is 0.281 e. The highest BCUT2D eigenvalue weighted by Crippen LogP contribution is 2.26. The molecule has 1 aromatic carbocycles. The minimum atomic E-state index is -0.493. The number of aryl methyl sites for hydroxylation is 2. The predicted octanol–water partition coefficient (Wildman–Crippen LogP) is 3.32. The molecule has 7 nitrogen and oxygen atoms in total. The van der Waals surface area contributed by atoms with Crippen LogP contribution in [-0.4, -0.2) is 28.4 Å². The lowest BCUT2D eigenvalue weighted by molar-refractivity contribution is -0.123. The summed E-state index contributed by atoms with van der Waals surface area (Å²) in [4.78, 5) is 33.2. The van der Waals surface area contributed by atoms with E-state index in [4.69, 9.17) is 16.3 Å². The highest BCUT2D eigenvalue weighted by atomic mass is 35.5. The highest BCUT2D eigenvalue weighted by molar-refractivity contribution is 7.17. The third kappa shape index (κ3) is 4.85. The van der Waals surface area contributed by atoms with Gasteiger partial charge in [-0.2, -0.15) is 0 Å². The summed E-state index contributed by atoms with van der Waals surface area (Å²) < 4.78 is 5.39. The molecule has 0 saturated carbocycles. The number of amides is 2. The summed E-state index contributed by atoms with van der Waals surface area (Å²) in [6.07, 6.45) is 1.66. The average molecular weight is 417 g/mol. The number of nitrogens with zero attached hydrogens (tertiary/aromatic N) is 2. The molecule has 2 N–H and O–H groups in total. The molecule has 3 rings (SSSR count). The van der Waals surface area contributed by atoms with Gasteiger partial charge < -0.3 is 4.74 Å². The van der Waals surface area contributed by atoms with Crippen molar-refractivity contribution in [3.05, 3.63) is 63.8 Å². The Balaban J connectivity index is 1.54. The normalized spacial score (nSPS) is 10.4. The molecule has 2 amide bonds. The fraction of sp³-hybridized carbons (Fsp3) is 0.158. The quantitative estimate of drug-likeness (QED) is 0.622. The lowest BCUT2D eigenvalue weighted by atomic mass is 10.2. The van der Waals surface area contributed by atoms with E-state index in [1.807, 2.05) is 19.1 Å². The van der Waals surface area contributed by atoms with E-state index in [-0.39, 0.29) is 6.61 Å². The van der Waals surface area contributed by atoms with Gasteiger partial charge >= 0.3 is 0 Å². The van der Waals surface area contributed by atoms with Crippen molar-refractivity contribution >= 4 is 34.8 Å². The van der Waals surface area contributed by atoms with Gasteiger partial charge in [0.2, 0.25) is 0 Å². The fourth-order valence-electron chi connectivity index (χ4n) is 2.28. The second-order valence-electron chi connectivity index (χ2n) is 5.85. The first-order valence-corrected chi connectivity index (χ1v) is 9.50. The van der Waals surface area contributed by atoms with Gasteiger partial charge in [0, 0.05) is 11.2 Å². The lowest BCUT2D eigenvalue weighted by Crippen LogP contribution is -2.43. The Morgan fingerprint density at radius 3 is 2.71 bits per heavy atom. The fourth-order valence-corrected chi connectivity index (χ4v) is 3.34. The molecule has 2 aromatic heterocycles. The van der Waals surface area contributed by atoms with E-state index in [1.54, 1.807) is 37.4 Å². The minimum Gasteiger partial charge on any atom is -0.484 e. The van der Waals surface area contributed by atoms with Gasteiger partial charge in [0.25, 0.3) is 11.8 Å². The Labute approximate surface area is 170 Å². The molecule has 28 heavy (non-hydrogen) atoms. The summed E-state index contributed by atoms with van der Waals surface area (Å²) in [7, 11) is 0. The van der Waals surface area contributed by atoms with Gasteiger partial charge in [0.05, 0.1) is 11.4 Å². The molecule has 2 heterocycles. The number of rotatable bonds is 5. The van der Waals surface area contributed by atoms with Crippen molar-refractivity contribution in [1.29, 1.82) is 0 Å². The summed E-state index contributed by atoms with van der Waals surface area (Å²) in [5, 5.41) is 1.25. The summed E-state index contributed by atoms with van der Waals surface area (Å²) in [5.41, 5.74) is 6.79. The van der Waals surface area contributed by atoms with Crippen molar-refractivity contribution in [2.75, 3.05) is 6.61 Å². The van der Waals surface area contributed by atoms with Crippen LogP contribution in [0.4, 0.5) is 0 Å². The summed E-state index contributed by atoms with van der Waals surface area (Å²) in [6, 6.07) is 10.6. The maximum atomic E-state index is 12.3. The number of hydrogen-bond acceptors (Lipinski definition) is 6. The molecule has 0 unspecified atom stereocenters. The van der Waals surface area contributed by atoms with Crippen LogP contribution >= 0.6 is 22.9 Å². The van der Waals surface area contributed by atoms with E-state index in [1.165, 1.54) is 11.3 Å². The monoisotopic (exact) mass is 416 g/mol. The lowest BCUT2D eigenvalue weighted by Gasteiger charge is -2.09. The topological polar surface area (TPSA) is 93.2 Å². The predicted molar refractivity (Wildman–Crippen MR) is 107 cm³/mol. The molecule has 9 heteroatoms. The third-order valence-electron chi connectivity index (χ3n) is 3.70. The Bertz CT molecular complexity index is 1010. The van der Waals surface area contributed by atoms with Crippen LogP contribution in [0.3, 0.4) is 0 Å². The van der Waals surface area contributed by atoms with E-state index >= 15 is 0 Å². The molecule has 144 valence electrons. The van der Waals surface area contributed by atoms with E-state index in [0.29, 0.717) is 32.0 Å². The summed E-state index contributed by atoms with van der Waals surface area (Å²) in [6.45, 7) is 3.32. The molecular weight excluding hydrogens is 400 g/mol. The standard InChI is InChI=1S/C19H17ClN4O3S/c1-11-9-13(6-7-14(11)20)27-10-16(25)23-24-18(26)17-12(2)22-19(28-17)15-5-3-4-8-21-15/h3-9H,10H2,1-2H3,(H,23,25)(H,24,26). The number of hydrazine groups is 1. The molecule has 0 aliphatic rings. The average Bonchev–Trinajstić information content (AvgIpc) is 3.09. The van der Waals surface area contributed by atoms with Gasteiger partial charge in [-0.25, -0.2) is 4.98 Å². The number of thiazole rings is 1. The van der Waals surface area contributed by atoms with Crippen molar-refractivity contribution in [3.8, 4) is 16.5 Å². The number of benzene rings is 1. The highest BCUT2D eigenvalue weighted by Gasteiger charge is 2.17. The molecule has 0 radical (unpaired) electrons. The first-order chi connectivity index (χ1) is 13.4. The molecule has 0 spiro atoms. The molecule has 0 atom stereocenters. The first kappa shape index (κ1) is 19.8. The maximum Gasteiger partial charge on any atom is 0.281 e. The number of carbonyl (C=O) groups excluding carboxylic acids is 2. The van der Waals surface area contributed by atoms with Crippen molar-refractivity contribution in [3.63, 3.8) is 0 Å². The summed E-state index contributed by atoms with van der Waals surface area (Å²) in [5.74, 6) is -0.428. The van der Waals surface area contributed by atoms with Gasteiger partial charge in [0.1, 0.15) is 15.6 Å². The zero-order chi connectivity index (χ0) is 20.1. The van der Waals surface area contributed by atoms with Gasteiger partial charge in [-0.3, -0.25) is 25.4 Å². The Hall–Kier alpha value is -2.97. The molecule has 0 bridgehead atoms. The zero-order valence-electron chi connectivity index (χ0n) is 15.2. The maximum absolute atomic E-state index is 12.3. The van der Waals surface area contributed by atoms with Crippen molar-refractivity contribution < 1.29 is 14.3 Å². The van der Waals surface area contributed by atoms with Gasteiger partial charge in [-0.15, -0.1) is 11.3 Å². The Kier molecular flexibility index (Phi) is 6.23. The van der Waals surface area contributed by atoms with Crippen LogP contribution in [0, 0.1) is 13.8 Å². The molecule has 0 fully saturated rings. The molecule has 0 aliphatic heterocycles. The number of carbonyl (C=O) groups is 2. The van der Waals surface area contributed by atoms with E-state index in [0.717, 1.165) is 5.56 Å². The van der Waals surface area contributed by atoms with Crippen molar-refractivity contribution in [2.45, 2.75) is 13.8 Å². The number of nitrogens with one attached hydrogen (secondary N) is 2. The molecule has 0 saturated heterocycles. The Morgan fingerprint density at radius 1 is 1.18 bits per heavy atom. The van der Waals surface area contributed by atoms with Gasteiger partial charge in [-0.1, -0.05) is 17.7 Å². The second kappa shape index (κ2) is 8.81. The minimum absolute atomic E-state index is 0.248. The number of hydrogen-bond donors (Lipinski definition) is 2. The number of ether oxygens (including phenoxy) is 1. The number of aromatic nitrogens is 2. The van der Waals surface area contributed by atoms with E-state index in [9.17, 15) is 9.59 Å². The number of halogens is 1. The van der Waals surface area contributed by atoms with Crippen LogP contribution in [0.15, 0.2) is 42.6 Å². The first-order valence-electron chi connectivity index (χ1n) is 8.31. The molecular formula is C19H17ClN4O3S. The van der Waals surface area contributed by atoms with Crippen molar-refractivity contribution in [1.82, 2.24) is 20.8 Å². The zero-order valence-corrected chi connectivity index (χ0v) is 16.7. The molecule has 0 aliphatic carbocycles. The van der Waals surface area contributed by atoms with Gasteiger partial charge in [-0.05, 0) is 49.7 Å². The SMILES string of the molecule is Cc1cc(OCC(=O)NNC(=O)c2sc(-c3ccccn3)nc2C)ccc1Cl. The van der Waals surface area contributed by atoms with Crippen LogP contribution in [0.5, 0.6) is 5.75 Å². The van der Waals surface area contributed by atoms with Crippen LogP contribution < -0.4 is 15.6 Å². The van der Waals surface area contributed by atoms with Crippen LogP contribution in [0.25, 0.3) is 10.7 Å². The second-order valence-corrected chi connectivity index (χ2v) is 7.26. The summed E-state index contributed by atoms with van der Waals surface area (Å²) >= 11 is 7.15. The van der Waals surface area contributed by atoms with Gasteiger partial charge in [0.15, 0.2) is 6.61 Å². The van der Waals surface area contributed by atoms with E-state index in [2.05, 4.69) is 20.8 Å². The number of pyridine rings is 1. The van der Waals surface area contributed by atoms with Crippen LogP contribution in [0.2, 0.25) is 5.02 Å². The molecule has 3 aromatic rings. The largest absolute Gasteiger partial charge is 0.484 e. The van der Waals surface area contributed by atoms with E-state index < -0.39 is 11.8 Å². The third-order valence-corrected chi connectivity index (χ3v) is 5.30. The Morgan fingerprint density at radius 2 is 2.00 bits per heavy atom. The van der Waals surface area contributed by atoms with Crippen molar-refractivity contribution in [2.24, 2.45) is 0 Å². The van der Waals surface area contributed by atoms with Crippen LogP contribution in [-0.2, 0) is 4.79 Å². The van der Waals surface area contributed by atoms with Crippen LogP contribution in [0.1, 0.15) is 20.9 Å².